The maximum atomic E-state index is 5.76. The first-order valence-electron chi connectivity index (χ1n) is 5.70. The van der Waals surface area contributed by atoms with Crippen molar-refractivity contribution in [1.29, 1.82) is 0 Å². The van der Waals surface area contributed by atoms with Gasteiger partial charge in [0, 0.05) is 13.1 Å². The molecule has 1 rings (SSSR count). The summed E-state index contributed by atoms with van der Waals surface area (Å²) >= 11 is 0. The van der Waals surface area contributed by atoms with Crippen molar-refractivity contribution in [2.24, 2.45) is 16.1 Å². The van der Waals surface area contributed by atoms with Gasteiger partial charge in [0.1, 0.15) is 0 Å². The maximum Gasteiger partial charge on any atom is 0.188 e. The minimum atomic E-state index is 0. The van der Waals surface area contributed by atoms with Crippen LogP contribution >= 0.6 is 24.0 Å². The van der Waals surface area contributed by atoms with E-state index in [9.17, 15) is 0 Å². The van der Waals surface area contributed by atoms with Gasteiger partial charge < -0.3 is 11.1 Å². The van der Waals surface area contributed by atoms with Gasteiger partial charge in [-0.05, 0) is 25.2 Å². The van der Waals surface area contributed by atoms with Gasteiger partial charge in [-0.1, -0.05) is 31.9 Å². The number of nitrogens with zero attached hydrogens (tertiary/aromatic N) is 1. The molecule has 0 spiro atoms. The lowest BCUT2D eigenvalue weighted by Gasteiger charge is -2.20. The molecule has 0 aromatic heterocycles. The fourth-order valence-corrected chi connectivity index (χ4v) is 1.96. The Morgan fingerprint density at radius 1 is 1.44 bits per heavy atom. The van der Waals surface area contributed by atoms with Crippen LogP contribution in [0.15, 0.2) is 17.1 Å². The van der Waals surface area contributed by atoms with Gasteiger partial charge in [-0.3, -0.25) is 4.99 Å². The third-order valence-electron chi connectivity index (χ3n) is 3.01. The van der Waals surface area contributed by atoms with Gasteiger partial charge in [0.15, 0.2) is 5.96 Å². The highest BCUT2D eigenvalue weighted by Gasteiger charge is 2.28. The fourth-order valence-electron chi connectivity index (χ4n) is 1.96. The van der Waals surface area contributed by atoms with Gasteiger partial charge >= 0.3 is 0 Å². The first kappa shape index (κ1) is 15.7. The highest BCUT2D eigenvalue weighted by molar-refractivity contribution is 14.0. The van der Waals surface area contributed by atoms with Crippen LogP contribution in [-0.2, 0) is 0 Å². The summed E-state index contributed by atoms with van der Waals surface area (Å²) in [6.45, 7) is 9.64. The summed E-state index contributed by atoms with van der Waals surface area (Å²) in [6.07, 6.45) is 5.24. The van der Waals surface area contributed by atoms with Crippen molar-refractivity contribution >= 4 is 29.9 Å². The van der Waals surface area contributed by atoms with E-state index in [2.05, 4.69) is 23.8 Å². The Morgan fingerprint density at radius 3 is 2.50 bits per heavy atom. The molecule has 16 heavy (non-hydrogen) atoms. The zero-order valence-corrected chi connectivity index (χ0v) is 12.7. The SMILES string of the molecule is C=C(C)CNC(N)=NCC1(C)CCCC1.I. The van der Waals surface area contributed by atoms with Crippen molar-refractivity contribution in [3.63, 3.8) is 0 Å². The molecule has 94 valence electrons. The number of halogens is 1. The molecule has 0 bridgehead atoms. The third-order valence-corrected chi connectivity index (χ3v) is 3.01. The van der Waals surface area contributed by atoms with Crippen molar-refractivity contribution in [2.75, 3.05) is 13.1 Å². The molecule has 0 atom stereocenters. The first-order chi connectivity index (χ1) is 7.02. The molecule has 3 nitrogen and oxygen atoms in total. The molecular weight excluding hydrogens is 313 g/mol. The Balaban J connectivity index is 0.00000225. The monoisotopic (exact) mass is 337 g/mol. The van der Waals surface area contributed by atoms with Crippen LogP contribution < -0.4 is 11.1 Å². The van der Waals surface area contributed by atoms with Crippen LogP contribution in [0.5, 0.6) is 0 Å². The zero-order chi connectivity index (χ0) is 11.3. The first-order valence-corrected chi connectivity index (χ1v) is 5.70. The van der Waals surface area contributed by atoms with Crippen LogP contribution in [0, 0.1) is 5.41 Å². The van der Waals surface area contributed by atoms with Crippen molar-refractivity contribution in [1.82, 2.24) is 5.32 Å². The summed E-state index contributed by atoms with van der Waals surface area (Å²) in [5.74, 6) is 0.547. The average Bonchev–Trinajstić information content (AvgIpc) is 2.60. The number of nitrogens with two attached hydrogens (primary N) is 1. The van der Waals surface area contributed by atoms with Crippen molar-refractivity contribution in [3.8, 4) is 0 Å². The molecular formula is C12H24IN3. The number of hydrogen-bond donors (Lipinski definition) is 2. The molecule has 0 radical (unpaired) electrons. The van der Waals surface area contributed by atoms with Crippen LogP contribution in [-0.4, -0.2) is 19.0 Å². The van der Waals surface area contributed by atoms with E-state index in [1.54, 1.807) is 0 Å². The van der Waals surface area contributed by atoms with Crippen molar-refractivity contribution < 1.29 is 0 Å². The predicted molar refractivity (Wildman–Crippen MR) is 81.3 cm³/mol. The number of guanidine groups is 1. The number of aliphatic imine (C=N–C) groups is 1. The van der Waals surface area contributed by atoms with Crippen molar-refractivity contribution in [3.05, 3.63) is 12.2 Å². The number of nitrogens with one attached hydrogen (secondary N) is 1. The van der Waals surface area contributed by atoms with Crippen LogP contribution in [0.4, 0.5) is 0 Å². The summed E-state index contributed by atoms with van der Waals surface area (Å²) in [5, 5.41) is 3.05. The number of hydrogen-bond acceptors (Lipinski definition) is 1. The van der Waals surface area contributed by atoms with Gasteiger partial charge in [0.2, 0.25) is 0 Å². The largest absolute Gasteiger partial charge is 0.370 e. The second-order valence-electron chi connectivity index (χ2n) is 5.03. The van der Waals surface area contributed by atoms with Gasteiger partial charge in [0.05, 0.1) is 0 Å². The van der Waals surface area contributed by atoms with Gasteiger partial charge in [-0.25, -0.2) is 0 Å². The Kier molecular flexibility index (Phi) is 7.03. The normalized spacial score (nSPS) is 19.0. The van der Waals surface area contributed by atoms with E-state index in [4.69, 9.17) is 5.73 Å². The molecule has 0 aliphatic heterocycles. The number of rotatable bonds is 4. The van der Waals surface area contributed by atoms with Crippen LogP contribution in [0.2, 0.25) is 0 Å². The van der Waals surface area contributed by atoms with E-state index in [1.807, 2.05) is 6.92 Å². The molecule has 1 aliphatic carbocycles. The molecule has 0 unspecified atom stereocenters. The minimum absolute atomic E-state index is 0. The van der Waals surface area contributed by atoms with Crippen LogP contribution in [0.3, 0.4) is 0 Å². The summed E-state index contributed by atoms with van der Waals surface area (Å²) in [6, 6.07) is 0. The summed E-state index contributed by atoms with van der Waals surface area (Å²) in [5.41, 5.74) is 7.21. The summed E-state index contributed by atoms with van der Waals surface area (Å²) < 4.78 is 0. The van der Waals surface area contributed by atoms with E-state index in [1.165, 1.54) is 25.7 Å². The lowest BCUT2D eigenvalue weighted by atomic mass is 9.89. The maximum absolute atomic E-state index is 5.76. The predicted octanol–water partition coefficient (Wildman–Crippen LogP) is 2.67. The molecule has 0 heterocycles. The molecule has 1 aliphatic rings. The van der Waals surface area contributed by atoms with E-state index in [0.717, 1.165) is 12.1 Å². The van der Waals surface area contributed by atoms with E-state index in [-0.39, 0.29) is 24.0 Å². The summed E-state index contributed by atoms with van der Waals surface area (Å²) in [7, 11) is 0. The van der Waals surface area contributed by atoms with Crippen LogP contribution in [0.1, 0.15) is 39.5 Å². The van der Waals surface area contributed by atoms with Crippen molar-refractivity contribution in [2.45, 2.75) is 39.5 Å². The van der Waals surface area contributed by atoms with E-state index < -0.39 is 0 Å². The fraction of sp³-hybridized carbons (Fsp3) is 0.750. The molecule has 3 N–H and O–H groups in total. The van der Waals surface area contributed by atoms with E-state index in [0.29, 0.717) is 17.9 Å². The highest BCUT2D eigenvalue weighted by Crippen LogP contribution is 2.37. The van der Waals surface area contributed by atoms with Gasteiger partial charge in [0.25, 0.3) is 0 Å². The molecule has 1 saturated carbocycles. The topological polar surface area (TPSA) is 50.4 Å². The third kappa shape index (κ3) is 5.72. The Labute approximate surface area is 116 Å². The standard InChI is InChI=1S/C12H23N3.HI/c1-10(2)8-14-11(13)15-9-12(3)6-4-5-7-12;/h1,4-9H2,2-3H3,(H3,13,14,15);1H. The molecule has 0 aromatic rings. The smallest absolute Gasteiger partial charge is 0.188 e. The minimum Gasteiger partial charge on any atom is -0.370 e. The van der Waals surface area contributed by atoms with E-state index >= 15 is 0 Å². The average molecular weight is 337 g/mol. The second-order valence-corrected chi connectivity index (χ2v) is 5.03. The second kappa shape index (κ2) is 7.14. The van der Waals surface area contributed by atoms with Gasteiger partial charge in [-0.15, -0.1) is 24.0 Å². The molecule has 0 aromatic carbocycles. The molecule has 0 saturated heterocycles. The van der Waals surface area contributed by atoms with Gasteiger partial charge in [-0.2, -0.15) is 0 Å². The Bertz CT molecular complexity index is 255. The molecule has 0 amide bonds. The lowest BCUT2D eigenvalue weighted by molar-refractivity contribution is 0.351. The summed E-state index contributed by atoms with van der Waals surface area (Å²) in [4.78, 5) is 4.39. The Morgan fingerprint density at radius 2 is 2.00 bits per heavy atom. The molecule has 4 heteroatoms. The Hall–Kier alpha value is -0.260. The zero-order valence-electron chi connectivity index (χ0n) is 10.4. The van der Waals surface area contributed by atoms with Crippen LogP contribution in [0.25, 0.3) is 0 Å². The lowest BCUT2D eigenvalue weighted by Crippen LogP contribution is -2.34. The quantitative estimate of drug-likeness (QED) is 0.359. The molecule has 1 fully saturated rings. The highest BCUT2D eigenvalue weighted by atomic mass is 127.